The van der Waals surface area contributed by atoms with Gasteiger partial charge >= 0.3 is 5.97 Å². The molecule has 5 rings (SSSR count). The number of hydrogen-bond acceptors (Lipinski definition) is 6. The van der Waals surface area contributed by atoms with Crippen LogP contribution in [-0.4, -0.2) is 34.2 Å². The number of hydrogen-bond donors (Lipinski definition) is 1. The second-order valence-electron chi connectivity index (χ2n) is 8.28. The number of carbonyl (C=O) groups excluding carboxylic acids is 1. The maximum absolute atomic E-state index is 13.5. The van der Waals surface area contributed by atoms with Crippen LogP contribution in [0, 0.1) is 0 Å². The second kappa shape index (κ2) is 11.0. The van der Waals surface area contributed by atoms with Crippen molar-refractivity contribution >= 4 is 52.2 Å². The molecule has 0 spiro atoms. The molecule has 38 heavy (non-hydrogen) atoms. The Morgan fingerprint density at radius 1 is 1.08 bits per heavy atom. The van der Waals surface area contributed by atoms with Crippen LogP contribution in [0.15, 0.2) is 99.2 Å². The molecule has 0 saturated carbocycles. The number of carboxylic acid groups (broad SMARTS) is 1. The fraction of sp³-hybridized carbons (Fsp3) is 0.0690. The van der Waals surface area contributed by atoms with Crippen LogP contribution >= 0.6 is 23.4 Å². The molecule has 0 bridgehead atoms. The highest BCUT2D eigenvalue weighted by atomic mass is 35.5. The first-order chi connectivity index (χ1) is 18.4. The van der Waals surface area contributed by atoms with Gasteiger partial charge in [0.05, 0.1) is 34.8 Å². The molecule has 1 fully saturated rings. The molecule has 1 amide bonds. The smallest absolute Gasteiger partial charge is 0.337 e. The number of amidine groups is 1. The molecule has 7 nitrogen and oxygen atoms in total. The van der Waals surface area contributed by atoms with Gasteiger partial charge in [-0.05, 0) is 71.9 Å². The van der Waals surface area contributed by atoms with Gasteiger partial charge in [-0.15, -0.1) is 0 Å². The van der Waals surface area contributed by atoms with Crippen LogP contribution < -0.4 is 4.74 Å². The average Bonchev–Trinajstić information content (AvgIpc) is 3.50. The summed E-state index contributed by atoms with van der Waals surface area (Å²) in [4.78, 5) is 31.7. The quantitative estimate of drug-likeness (QED) is 0.249. The maximum atomic E-state index is 13.5. The van der Waals surface area contributed by atoms with Gasteiger partial charge < -0.3 is 14.3 Å². The molecule has 0 radical (unpaired) electrons. The number of carboxylic acids is 1. The third-order valence-electron chi connectivity index (χ3n) is 5.75. The lowest BCUT2D eigenvalue weighted by Gasteiger charge is -2.16. The summed E-state index contributed by atoms with van der Waals surface area (Å²) in [5.74, 6) is 0.325. The Bertz CT molecular complexity index is 1560. The summed E-state index contributed by atoms with van der Waals surface area (Å²) < 4.78 is 11.2. The second-order valence-corrected chi connectivity index (χ2v) is 9.70. The molecule has 190 valence electrons. The van der Waals surface area contributed by atoms with Crippen LogP contribution in [0.25, 0.3) is 17.4 Å². The minimum atomic E-state index is -1.12. The molecule has 0 unspecified atom stereocenters. The first kappa shape index (κ1) is 25.4. The highest BCUT2D eigenvalue weighted by molar-refractivity contribution is 8.18. The van der Waals surface area contributed by atoms with Crippen molar-refractivity contribution in [2.45, 2.75) is 6.54 Å². The first-order valence-electron chi connectivity index (χ1n) is 11.5. The van der Waals surface area contributed by atoms with E-state index in [4.69, 9.17) is 25.7 Å². The third kappa shape index (κ3) is 5.51. The Balaban J connectivity index is 1.45. The van der Waals surface area contributed by atoms with Crippen LogP contribution in [0.3, 0.4) is 0 Å². The summed E-state index contributed by atoms with van der Waals surface area (Å²) in [5, 5.41) is 10.1. The number of benzene rings is 3. The van der Waals surface area contributed by atoms with Gasteiger partial charge in [0.25, 0.3) is 5.91 Å². The number of carbonyl (C=O) groups is 2. The van der Waals surface area contributed by atoms with Gasteiger partial charge in [-0.3, -0.25) is 9.69 Å². The van der Waals surface area contributed by atoms with Gasteiger partial charge in [0.2, 0.25) is 0 Å². The van der Waals surface area contributed by atoms with Gasteiger partial charge in [-0.1, -0.05) is 41.9 Å². The lowest BCUT2D eigenvalue weighted by Crippen LogP contribution is -2.28. The summed E-state index contributed by atoms with van der Waals surface area (Å²) >= 11 is 7.25. The first-order valence-corrected chi connectivity index (χ1v) is 12.7. The van der Waals surface area contributed by atoms with Crippen LogP contribution in [0.2, 0.25) is 5.02 Å². The summed E-state index contributed by atoms with van der Waals surface area (Å²) in [6.07, 6.45) is 1.67. The standard InChI is InChI=1S/C29H21ClN2O5S/c1-36-21-10-7-18(8-11-21)17-32-27(33)26(38-29(32)31-20-5-3-2-4-6-20)16-22-12-14-25(37-22)19-9-13-24(30)23(15-19)28(34)35/h2-16H,17H2,1H3,(H,34,35). The number of aliphatic imine (C=N–C) groups is 1. The van der Waals surface area contributed by atoms with Crippen molar-refractivity contribution in [1.82, 2.24) is 4.90 Å². The van der Waals surface area contributed by atoms with Crippen molar-refractivity contribution in [2.75, 3.05) is 7.11 Å². The van der Waals surface area contributed by atoms with E-state index in [-0.39, 0.29) is 16.5 Å². The lowest BCUT2D eigenvalue weighted by molar-refractivity contribution is -0.122. The van der Waals surface area contributed by atoms with Gasteiger partial charge in [-0.2, -0.15) is 0 Å². The Morgan fingerprint density at radius 2 is 1.84 bits per heavy atom. The number of para-hydroxylation sites is 1. The van der Waals surface area contributed by atoms with E-state index in [2.05, 4.69) is 0 Å². The van der Waals surface area contributed by atoms with E-state index in [1.54, 1.807) is 36.3 Å². The Hall–Kier alpha value is -4.27. The van der Waals surface area contributed by atoms with Crippen molar-refractivity contribution in [3.63, 3.8) is 0 Å². The zero-order chi connectivity index (χ0) is 26.6. The largest absolute Gasteiger partial charge is 0.497 e. The predicted molar refractivity (Wildman–Crippen MR) is 149 cm³/mol. The van der Waals surface area contributed by atoms with Crippen molar-refractivity contribution in [2.24, 2.45) is 4.99 Å². The van der Waals surface area contributed by atoms with Crippen molar-refractivity contribution in [3.05, 3.63) is 112 Å². The zero-order valence-electron chi connectivity index (χ0n) is 20.1. The summed E-state index contributed by atoms with van der Waals surface area (Å²) in [5.41, 5.74) is 2.22. The minimum Gasteiger partial charge on any atom is -0.497 e. The number of ether oxygens (including phenoxy) is 1. The third-order valence-corrected chi connectivity index (χ3v) is 7.09. The molecule has 1 saturated heterocycles. The fourth-order valence-electron chi connectivity index (χ4n) is 3.81. The molecule has 1 aliphatic rings. The topological polar surface area (TPSA) is 92.3 Å². The summed E-state index contributed by atoms with van der Waals surface area (Å²) in [6, 6.07) is 25.1. The van der Waals surface area contributed by atoms with Gasteiger partial charge in [0, 0.05) is 11.6 Å². The van der Waals surface area contributed by atoms with Crippen LogP contribution in [0.1, 0.15) is 21.7 Å². The van der Waals surface area contributed by atoms with Crippen LogP contribution in [-0.2, 0) is 11.3 Å². The number of halogens is 1. The van der Waals surface area contributed by atoms with Crippen LogP contribution in [0.5, 0.6) is 5.75 Å². The molecule has 1 N–H and O–H groups in total. The molecule has 0 aliphatic carbocycles. The summed E-state index contributed by atoms with van der Waals surface area (Å²) in [7, 11) is 1.61. The SMILES string of the molecule is COc1ccc(CN2C(=O)C(=Cc3ccc(-c4ccc(Cl)c(C(=O)O)c4)o3)SC2=Nc2ccccc2)cc1. The molecular weight excluding hydrogens is 524 g/mol. The number of nitrogens with zero attached hydrogens (tertiary/aromatic N) is 2. The lowest BCUT2D eigenvalue weighted by atomic mass is 10.1. The number of aromatic carboxylic acids is 1. The minimum absolute atomic E-state index is 0.0158. The number of rotatable bonds is 7. The number of furan rings is 1. The predicted octanol–water partition coefficient (Wildman–Crippen LogP) is 7.11. The molecule has 2 heterocycles. The number of amides is 1. The maximum Gasteiger partial charge on any atom is 0.337 e. The normalized spacial score (nSPS) is 15.4. The molecule has 3 aromatic carbocycles. The van der Waals surface area contributed by atoms with Gasteiger partial charge in [0.1, 0.15) is 17.3 Å². The zero-order valence-corrected chi connectivity index (χ0v) is 21.7. The van der Waals surface area contributed by atoms with Gasteiger partial charge in [0.15, 0.2) is 5.17 Å². The Labute approximate surface area is 228 Å². The van der Waals surface area contributed by atoms with E-state index in [9.17, 15) is 14.7 Å². The van der Waals surface area contributed by atoms with E-state index in [0.29, 0.717) is 33.7 Å². The van der Waals surface area contributed by atoms with E-state index in [1.807, 2.05) is 54.6 Å². The van der Waals surface area contributed by atoms with Crippen molar-refractivity contribution in [3.8, 4) is 17.1 Å². The van der Waals surface area contributed by atoms with Gasteiger partial charge in [-0.25, -0.2) is 9.79 Å². The van der Waals surface area contributed by atoms with Crippen molar-refractivity contribution in [1.29, 1.82) is 0 Å². The molecule has 1 aromatic heterocycles. The number of methoxy groups -OCH3 is 1. The summed E-state index contributed by atoms with van der Waals surface area (Å²) in [6.45, 7) is 0.338. The molecule has 9 heteroatoms. The Kier molecular flexibility index (Phi) is 7.35. The number of thioether (sulfide) groups is 1. The van der Waals surface area contributed by atoms with E-state index >= 15 is 0 Å². The van der Waals surface area contributed by atoms with E-state index in [0.717, 1.165) is 17.0 Å². The molecule has 4 aromatic rings. The van der Waals surface area contributed by atoms with Crippen molar-refractivity contribution < 1.29 is 23.8 Å². The molecule has 1 aliphatic heterocycles. The fourth-order valence-corrected chi connectivity index (χ4v) is 4.99. The highest BCUT2D eigenvalue weighted by Gasteiger charge is 2.34. The molecular formula is C29H21ClN2O5S. The molecule has 0 atom stereocenters. The van der Waals surface area contributed by atoms with E-state index in [1.165, 1.54) is 23.9 Å². The monoisotopic (exact) mass is 544 g/mol. The van der Waals surface area contributed by atoms with E-state index < -0.39 is 5.97 Å². The van der Waals surface area contributed by atoms with Crippen LogP contribution in [0.4, 0.5) is 5.69 Å². The Morgan fingerprint density at radius 3 is 2.55 bits per heavy atom. The average molecular weight is 545 g/mol. The highest BCUT2D eigenvalue weighted by Crippen LogP contribution is 2.36.